The highest BCUT2D eigenvalue weighted by molar-refractivity contribution is 5.84. The van der Waals surface area contributed by atoms with E-state index < -0.39 is 0 Å². The van der Waals surface area contributed by atoms with Crippen LogP contribution in [0.25, 0.3) is 27.9 Å². The van der Waals surface area contributed by atoms with Crippen molar-refractivity contribution in [3.8, 4) is 11.3 Å². The number of likely N-dealkylation sites (N-methyl/N-ethyl adjacent to an activating group) is 1. The van der Waals surface area contributed by atoms with Crippen LogP contribution in [0.3, 0.4) is 0 Å². The molecule has 0 amide bonds. The SMILES string of the molecule is CCN1CC2CC1CN2c1ccc2cc(-c3cn4cc(C)nc(C)c4n3)c(=O)oc2c1. The lowest BCUT2D eigenvalue weighted by molar-refractivity contribution is 0.251. The van der Waals surface area contributed by atoms with Gasteiger partial charge in [0.05, 0.1) is 22.6 Å². The van der Waals surface area contributed by atoms with Gasteiger partial charge in [0, 0.05) is 54.7 Å². The molecular formula is C24H25N5O2. The van der Waals surface area contributed by atoms with Crippen LogP contribution in [0.5, 0.6) is 0 Å². The maximum absolute atomic E-state index is 12.9. The Hall–Kier alpha value is -3.19. The first kappa shape index (κ1) is 18.6. The van der Waals surface area contributed by atoms with Crippen LogP contribution in [0.1, 0.15) is 24.7 Å². The van der Waals surface area contributed by atoms with Crippen molar-refractivity contribution in [3.05, 3.63) is 58.5 Å². The van der Waals surface area contributed by atoms with Crippen LogP contribution in [-0.2, 0) is 0 Å². The van der Waals surface area contributed by atoms with Gasteiger partial charge in [0.25, 0.3) is 0 Å². The molecule has 0 aliphatic carbocycles. The minimum atomic E-state index is -0.365. The van der Waals surface area contributed by atoms with Crippen molar-refractivity contribution >= 4 is 22.3 Å². The van der Waals surface area contributed by atoms with Gasteiger partial charge in [0.2, 0.25) is 0 Å². The van der Waals surface area contributed by atoms with Crippen LogP contribution < -0.4 is 10.5 Å². The normalized spacial score (nSPS) is 21.1. The fraction of sp³-hybridized carbons (Fsp3) is 0.375. The van der Waals surface area contributed by atoms with E-state index in [1.165, 1.54) is 6.42 Å². The van der Waals surface area contributed by atoms with Crippen molar-refractivity contribution in [3.63, 3.8) is 0 Å². The first-order valence-corrected chi connectivity index (χ1v) is 10.9. The molecule has 2 aliphatic rings. The van der Waals surface area contributed by atoms with Crippen LogP contribution in [0.4, 0.5) is 5.69 Å². The van der Waals surface area contributed by atoms with Crippen molar-refractivity contribution in [1.82, 2.24) is 19.3 Å². The molecule has 31 heavy (non-hydrogen) atoms. The van der Waals surface area contributed by atoms with Crippen LogP contribution in [0.2, 0.25) is 0 Å². The van der Waals surface area contributed by atoms with E-state index in [1.807, 2.05) is 48.8 Å². The monoisotopic (exact) mass is 415 g/mol. The van der Waals surface area contributed by atoms with E-state index in [0.717, 1.165) is 47.7 Å². The van der Waals surface area contributed by atoms with Gasteiger partial charge in [-0.3, -0.25) is 9.88 Å². The summed E-state index contributed by atoms with van der Waals surface area (Å²) in [4.78, 5) is 27.0. The molecule has 2 bridgehead atoms. The number of piperazine rings is 1. The molecule has 2 saturated heterocycles. The average molecular weight is 415 g/mol. The average Bonchev–Trinajstić information content (AvgIpc) is 3.46. The van der Waals surface area contributed by atoms with E-state index in [2.05, 4.69) is 32.8 Å². The third kappa shape index (κ3) is 2.87. The Morgan fingerprint density at radius 1 is 1.10 bits per heavy atom. The largest absolute Gasteiger partial charge is 0.422 e. The standard InChI is InChI=1S/C24H25N5O2/c1-4-27-11-19-8-18(27)12-29(19)17-6-5-16-7-20(24(30)31-22(16)9-17)21-13-28-10-14(2)25-15(3)23(28)26-21/h5-7,9-10,13,18-19H,4,8,11-12H2,1-3H3. The summed E-state index contributed by atoms with van der Waals surface area (Å²) in [5.41, 5.74) is 4.96. The van der Waals surface area contributed by atoms with Gasteiger partial charge in [-0.15, -0.1) is 0 Å². The molecule has 158 valence electrons. The van der Waals surface area contributed by atoms with E-state index >= 15 is 0 Å². The number of aromatic nitrogens is 3. The molecule has 1 aromatic carbocycles. The Bertz CT molecular complexity index is 1390. The molecule has 3 aromatic heterocycles. The molecule has 7 heteroatoms. The number of rotatable bonds is 3. The van der Waals surface area contributed by atoms with Crippen molar-refractivity contribution in [2.45, 2.75) is 39.3 Å². The van der Waals surface area contributed by atoms with Gasteiger partial charge in [-0.1, -0.05) is 6.92 Å². The highest BCUT2D eigenvalue weighted by Gasteiger charge is 2.42. The summed E-state index contributed by atoms with van der Waals surface area (Å²) in [5.74, 6) is 0. The van der Waals surface area contributed by atoms with Crippen molar-refractivity contribution in [1.29, 1.82) is 0 Å². The smallest absolute Gasteiger partial charge is 0.345 e. The predicted molar refractivity (Wildman–Crippen MR) is 121 cm³/mol. The summed E-state index contributed by atoms with van der Waals surface area (Å²) < 4.78 is 7.68. The van der Waals surface area contributed by atoms with Gasteiger partial charge in [-0.25, -0.2) is 9.78 Å². The number of aryl methyl sites for hydroxylation is 2. The van der Waals surface area contributed by atoms with Gasteiger partial charge in [-0.2, -0.15) is 0 Å². The quantitative estimate of drug-likeness (QED) is 0.478. The second-order valence-corrected chi connectivity index (χ2v) is 8.78. The maximum Gasteiger partial charge on any atom is 0.345 e. The molecule has 0 radical (unpaired) electrons. The fourth-order valence-electron chi connectivity index (χ4n) is 5.34. The molecule has 0 N–H and O–H groups in total. The highest BCUT2D eigenvalue weighted by Crippen LogP contribution is 2.35. The number of likely N-dealkylation sites (tertiary alicyclic amines) is 1. The highest BCUT2D eigenvalue weighted by atomic mass is 16.4. The van der Waals surface area contributed by atoms with Crippen LogP contribution >= 0.6 is 0 Å². The number of hydrogen-bond donors (Lipinski definition) is 0. The van der Waals surface area contributed by atoms with Gasteiger partial charge < -0.3 is 13.7 Å². The zero-order valence-electron chi connectivity index (χ0n) is 18.0. The Kier molecular flexibility index (Phi) is 3.99. The van der Waals surface area contributed by atoms with Crippen LogP contribution in [0.15, 0.2) is 45.9 Å². The van der Waals surface area contributed by atoms with Crippen molar-refractivity contribution < 1.29 is 4.42 Å². The summed E-state index contributed by atoms with van der Waals surface area (Å²) in [6.45, 7) is 9.37. The predicted octanol–water partition coefficient (Wildman–Crippen LogP) is 3.40. The van der Waals surface area contributed by atoms with Gasteiger partial charge in [-0.05, 0) is 45.0 Å². The molecule has 2 aliphatic heterocycles. The summed E-state index contributed by atoms with van der Waals surface area (Å²) in [7, 11) is 0. The molecule has 5 heterocycles. The van der Waals surface area contributed by atoms with Gasteiger partial charge in [0.1, 0.15) is 5.58 Å². The van der Waals surface area contributed by atoms with E-state index in [4.69, 9.17) is 4.42 Å². The van der Waals surface area contributed by atoms with Crippen molar-refractivity contribution in [2.24, 2.45) is 0 Å². The molecule has 2 fully saturated rings. The maximum atomic E-state index is 12.9. The lowest BCUT2D eigenvalue weighted by Crippen LogP contribution is -2.46. The number of benzene rings is 1. The topological polar surface area (TPSA) is 66.9 Å². The minimum Gasteiger partial charge on any atom is -0.422 e. The number of fused-ring (bicyclic) bond motifs is 4. The third-order valence-corrected chi connectivity index (χ3v) is 6.81. The molecular weight excluding hydrogens is 390 g/mol. The van der Waals surface area contributed by atoms with Crippen LogP contribution in [0, 0.1) is 13.8 Å². The summed E-state index contributed by atoms with van der Waals surface area (Å²) in [6.07, 6.45) is 5.00. The van der Waals surface area contributed by atoms with E-state index in [0.29, 0.717) is 28.9 Å². The Labute approximate surface area is 179 Å². The second-order valence-electron chi connectivity index (χ2n) is 8.78. The van der Waals surface area contributed by atoms with Gasteiger partial charge >= 0.3 is 5.63 Å². The number of hydrogen-bond acceptors (Lipinski definition) is 6. The molecule has 6 rings (SSSR count). The molecule has 2 atom stereocenters. The summed E-state index contributed by atoms with van der Waals surface area (Å²) >= 11 is 0. The van der Waals surface area contributed by atoms with E-state index in [1.54, 1.807) is 0 Å². The molecule has 2 unspecified atom stereocenters. The lowest BCUT2D eigenvalue weighted by Gasteiger charge is -2.35. The molecule has 0 saturated carbocycles. The van der Waals surface area contributed by atoms with E-state index in [-0.39, 0.29) is 5.63 Å². The van der Waals surface area contributed by atoms with E-state index in [9.17, 15) is 4.79 Å². The Morgan fingerprint density at radius 2 is 1.97 bits per heavy atom. The summed E-state index contributed by atoms with van der Waals surface area (Å²) in [6, 6.07) is 9.27. The molecule has 4 aromatic rings. The number of nitrogens with zero attached hydrogens (tertiary/aromatic N) is 5. The first-order valence-electron chi connectivity index (χ1n) is 10.9. The zero-order chi connectivity index (χ0) is 21.3. The van der Waals surface area contributed by atoms with Crippen molar-refractivity contribution in [2.75, 3.05) is 24.5 Å². The minimum absolute atomic E-state index is 0.365. The third-order valence-electron chi connectivity index (χ3n) is 6.81. The fourth-order valence-corrected chi connectivity index (χ4v) is 5.34. The Balaban J connectivity index is 1.38. The zero-order valence-corrected chi connectivity index (χ0v) is 18.0. The first-order chi connectivity index (χ1) is 15.0. The lowest BCUT2D eigenvalue weighted by atomic mass is 10.1. The second kappa shape index (κ2) is 6.65. The summed E-state index contributed by atoms with van der Waals surface area (Å²) in [5, 5.41) is 0.904. The van der Waals surface area contributed by atoms with Crippen LogP contribution in [-0.4, -0.2) is 51.0 Å². The van der Waals surface area contributed by atoms with Gasteiger partial charge in [0.15, 0.2) is 5.65 Å². The molecule has 0 spiro atoms. The number of anilines is 1. The Morgan fingerprint density at radius 3 is 2.74 bits per heavy atom. The molecule has 7 nitrogen and oxygen atoms in total. The number of imidazole rings is 1.